The van der Waals surface area contributed by atoms with Gasteiger partial charge in [0.15, 0.2) is 0 Å². The highest BCUT2D eigenvalue weighted by Gasteiger charge is 2.57. The zero-order valence-electron chi connectivity index (χ0n) is 31.4. The van der Waals surface area contributed by atoms with Crippen molar-refractivity contribution >= 4 is 23.4 Å². The number of thioether (sulfide) groups is 1. The van der Waals surface area contributed by atoms with Gasteiger partial charge in [0.25, 0.3) is 0 Å². The van der Waals surface area contributed by atoms with Crippen LogP contribution in [0.5, 0.6) is 0 Å². The summed E-state index contributed by atoms with van der Waals surface area (Å²) in [7, 11) is 0. The molecule has 0 saturated carbocycles. The molecule has 288 valence electrons. The zero-order chi connectivity index (χ0) is 38.6. The van der Waals surface area contributed by atoms with Crippen molar-refractivity contribution in [2.45, 2.75) is 67.9 Å². The van der Waals surface area contributed by atoms with E-state index in [4.69, 9.17) is 35.3 Å². The molecule has 56 heavy (non-hydrogen) atoms. The average molecular weight is 787 g/mol. The number of rotatable bonds is 17. The van der Waals surface area contributed by atoms with Crippen molar-refractivity contribution in [3.05, 3.63) is 208 Å². The predicted molar refractivity (Wildman–Crippen MR) is 222 cm³/mol. The van der Waals surface area contributed by atoms with Gasteiger partial charge in [0, 0.05) is 15.5 Å². The quantitative estimate of drug-likeness (QED) is 0.0924. The van der Waals surface area contributed by atoms with E-state index in [-0.39, 0.29) is 19.8 Å². The normalized spacial score (nSPS) is 20.8. The second-order valence-electron chi connectivity index (χ2n) is 13.9. The minimum absolute atomic E-state index is 0.121. The van der Waals surface area contributed by atoms with Gasteiger partial charge in [0.05, 0.1) is 33.0 Å². The SMILES string of the molecule is CSc1ccc(Cc2cc(C3(O)OC(COCc4ccccc4)C(OCc4ccccc4)C(OCc4ccccc4)C3OCc3ccccc3)ccc2Cl)cc1. The van der Waals surface area contributed by atoms with Gasteiger partial charge in [-0.15, -0.1) is 11.8 Å². The number of hydrogen-bond acceptors (Lipinski definition) is 7. The molecule has 1 fully saturated rings. The van der Waals surface area contributed by atoms with Crippen LogP contribution in [0.25, 0.3) is 0 Å². The summed E-state index contributed by atoms with van der Waals surface area (Å²) in [4.78, 5) is 1.18. The standard InChI is InChI=1S/C48H47ClO6S/c1-56-42-25-22-35(23-26-42)28-40-29-41(24-27-43(40)49)48(50)47(54-33-39-20-12-5-13-21-39)46(53-32-38-18-10-4-11-19-38)45(52-31-37-16-8-3-9-17-37)44(55-48)34-51-30-36-14-6-2-7-15-36/h2-27,29,44-47,50H,28,30-34H2,1H3. The van der Waals surface area contributed by atoms with Crippen molar-refractivity contribution in [2.75, 3.05) is 12.9 Å². The summed E-state index contributed by atoms with van der Waals surface area (Å²) in [5, 5.41) is 13.8. The van der Waals surface area contributed by atoms with E-state index in [1.807, 2.05) is 140 Å². The van der Waals surface area contributed by atoms with Gasteiger partial charge in [0.1, 0.15) is 24.4 Å². The summed E-state index contributed by atoms with van der Waals surface area (Å²) < 4.78 is 33.7. The molecule has 0 aliphatic carbocycles. The van der Waals surface area contributed by atoms with Crippen LogP contribution < -0.4 is 0 Å². The molecule has 6 aromatic carbocycles. The molecule has 8 heteroatoms. The zero-order valence-corrected chi connectivity index (χ0v) is 33.0. The van der Waals surface area contributed by atoms with Gasteiger partial charge in [-0.1, -0.05) is 151 Å². The fourth-order valence-electron chi connectivity index (χ4n) is 6.98. The van der Waals surface area contributed by atoms with Crippen molar-refractivity contribution in [1.29, 1.82) is 0 Å². The van der Waals surface area contributed by atoms with E-state index in [2.05, 4.69) is 30.5 Å². The van der Waals surface area contributed by atoms with E-state index < -0.39 is 30.2 Å². The maximum absolute atomic E-state index is 13.2. The van der Waals surface area contributed by atoms with Crippen LogP contribution in [0.4, 0.5) is 0 Å². The molecule has 1 heterocycles. The lowest BCUT2D eigenvalue weighted by Gasteiger charge is -2.50. The molecule has 6 nitrogen and oxygen atoms in total. The Kier molecular flexibility index (Phi) is 14.1. The number of aliphatic hydroxyl groups is 1. The van der Waals surface area contributed by atoms with E-state index in [0.717, 1.165) is 33.4 Å². The van der Waals surface area contributed by atoms with Crippen LogP contribution in [0, 0.1) is 0 Å². The lowest BCUT2D eigenvalue weighted by atomic mass is 9.86. The molecule has 6 aromatic rings. The Morgan fingerprint density at radius 1 is 0.589 bits per heavy atom. The highest BCUT2D eigenvalue weighted by molar-refractivity contribution is 7.98. The van der Waals surface area contributed by atoms with Crippen LogP contribution in [0.3, 0.4) is 0 Å². The van der Waals surface area contributed by atoms with E-state index in [1.54, 1.807) is 11.8 Å². The fourth-order valence-corrected chi connectivity index (χ4v) is 7.57. The second kappa shape index (κ2) is 19.7. The van der Waals surface area contributed by atoms with Gasteiger partial charge in [-0.05, 0) is 70.3 Å². The van der Waals surface area contributed by atoms with E-state index in [1.165, 1.54) is 4.90 Å². The summed E-state index contributed by atoms with van der Waals surface area (Å²) in [6, 6.07) is 53.8. The largest absolute Gasteiger partial charge is 0.374 e. The fraction of sp³-hybridized carbons (Fsp3) is 0.250. The average Bonchev–Trinajstić information content (AvgIpc) is 3.24. The van der Waals surface area contributed by atoms with Crippen molar-refractivity contribution < 1.29 is 28.8 Å². The summed E-state index contributed by atoms with van der Waals surface area (Å²) in [6.07, 6.45) is -0.671. The molecule has 1 saturated heterocycles. The first-order chi connectivity index (χ1) is 27.5. The molecule has 0 radical (unpaired) electrons. The smallest absolute Gasteiger partial charge is 0.222 e. The molecule has 7 rings (SSSR count). The first-order valence-corrected chi connectivity index (χ1v) is 20.5. The Morgan fingerprint density at radius 2 is 1.09 bits per heavy atom. The lowest BCUT2D eigenvalue weighted by Crippen LogP contribution is -2.65. The van der Waals surface area contributed by atoms with E-state index in [9.17, 15) is 5.11 Å². The van der Waals surface area contributed by atoms with E-state index >= 15 is 0 Å². The van der Waals surface area contributed by atoms with E-state index in [0.29, 0.717) is 30.2 Å². The summed E-state index contributed by atoms with van der Waals surface area (Å²) in [6.45, 7) is 1.22. The molecule has 0 bridgehead atoms. The monoisotopic (exact) mass is 786 g/mol. The van der Waals surface area contributed by atoms with Gasteiger partial charge >= 0.3 is 0 Å². The van der Waals surface area contributed by atoms with Crippen LogP contribution in [0.2, 0.25) is 5.02 Å². The highest BCUT2D eigenvalue weighted by atomic mass is 35.5. The summed E-state index contributed by atoms with van der Waals surface area (Å²) >= 11 is 8.57. The van der Waals surface area contributed by atoms with Crippen LogP contribution in [-0.4, -0.2) is 42.4 Å². The maximum Gasteiger partial charge on any atom is 0.222 e. The van der Waals surface area contributed by atoms with Crippen LogP contribution in [-0.2, 0) is 62.3 Å². The Morgan fingerprint density at radius 3 is 1.62 bits per heavy atom. The number of benzene rings is 6. The number of ether oxygens (including phenoxy) is 5. The number of halogens is 1. The number of hydrogen-bond donors (Lipinski definition) is 1. The Balaban J connectivity index is 1.29. The Labute approximate surface area is 339 Å². The topological polar surface area (TPSA) is 66.4 Å². The van der Waals surface area contributed by atoms with Gasteiger partial charge < -0.3 is 28.8 Å². The third-order valence-electron chi connectivity index (χ3n) is 9.95. The van der Waals surface area contributed by atoms with Gasteiger partial charge in [0.2, 0.25) is 5.79 Å². The second-order valence-corrected chi connectivity index (χ2v) is 15.2. The van der Waals surface area contributed by atoms with Gasteiger partial charge in [-0.2, -0.15) is 0 Å². The van der Waals surface area contributed by atoms with Crippen LogP contribution >= 0.6 is 23.4 Å². The molecule has 5 unspecified atom stereocenters. The lowest BCUT2D eigenvalue weighted by molar-refractivity contribution is -0.378. The molecule has 0 amide bonds. The minimum Gasteiger partial charge on any atom is -0.374 e. The molecular weight excluding hydrogens is 740 g/mol. The van der Waals surface area contributed by atoms with Crippen molar-refractivity contribution in [1.82, 2.24) is 0 Å². The van der Waals surface area contributed by atoms with Gasteiger partial charge in [-0.25, -0.2) is 0 Å². The molecule has 1 aliphatic heterocycles. The van der Waals surface area contributed by atoms with Crippen molar-refractivity contribution in [3.63, 3.8) is 0 Å². The third kappa shape index (κ3) is 10.4. The molecule has 0 spiro atoms. The predicted octanol–water partition coefficient (Wildman–Crippen LogP) is 10.2. The third-order valence-corrected chi connectivity index (χ3v) is 11.1. The first-order valence-electron chi connectivity index (χ1n) is 18.9. The Bertz CT molecular complexity index is 2070. The Hall–Kier alpha value is -4.28. The molecule has 1 aliphatic rings. The molecule has 5 atom stereocenters. The van der Waals surface area contributed by atoms with Gasteiger partial charge in [-0.3, -0.25) is 0 Å². The summed E-state index contributed by atoms with van der Waals surface area (Å²) in [5.74, 6) is -1.99. The van der Waals surface area contributed by atoms with Crippen molar-refractivity contribution in [3.8, 4) is 0 Å². The molecule has 0 aromatic heterocycles. The minimum atomic E-state index is -1.99. The highest BCUT2D eigenvalue weighted by Crippen LogP contribution is 2.43. The van der Waals surface area contributed by atoms with Crippen molar-refractivity contribution in [2.24, 2.45) is 0 Å². The first kappa shape index (κ1) is 39.9. The summed E-state index contributed by atoms with van der Waals surface area (Å²) in [5.41, 5.74) is 6.38. The van der Waals surface area contributed by atoms with Crippen LogP contribution in [0.15, 0.2) is 169 Å². The van der Waals surface area contributed by atoms with Crippen LogP contribution in [0.1, 0.15) is 38.9 Å². The molecular formula is C48H47ClO6S. The maximum atomic E-state index is 13.2. The molecule has 1 N–H and O–H groups in total.